The molecule has 2 aromatic rings. The topological polar surface area (TPSA) is 61.8 Å². The van der Waals surface area contributed by atoms with Crippen LogP contribution >= 0.6 is 0 Å². The van der Waals surface area contributed by atoms with Crippen LogP contribution < -0.4 is 4.57 Å². The van der Waals surface area contributed by atoms with E-state index in [4.69, 9.17) is 4.99 Å². The van der Waals surface area contributed by atoms with Crippen molar-refractivity contribution in [2.24, 2.45) is 4.99 Å². The molecule has 3 amide bonds. The first-order chi connectivity index (χ1) is 13.2. The minimum absolute atomic E-state index is 0.207. The Labute approximate surface area is 164 Å². The van der Waals surface area contributed by atoms with E-state index in [-0.39, 0.29) is 24.5 Å². The first-order valence-electron chi connectivity index (χ1n) is 9.59. The Hall–Kier alpha value is -2.96. The van der Waals surface area contributed by atoms with Gasteiger partial charge in [0.1, 0.15) is 11.4 Å². The van der Waals surface area contributed by atoms with Crippen LogP contribution in [0, 0.1) is 20.8 Å². The fourth-order valence-electron chi connectivity index (χ4n) is 4.18. The number of carbonyl (C=O) groups is 2. The largest absolute Gasteiger partial charge is 0.402 e. The highest BCUT2D eigenvalue weighted by Crippen LogP contribution is 2.33. The highest BCUT2D eigenvalue weighted by molar-refractivity contribution is 6.19. The van der Waals surface area contributed by atoms with Crippen LogP contribution in [0.5, 0.6) is 0 Å². The number of benzene rings is 1. The van der Waals surface area contributed by atoms with Gasteiger partial charge in [-0.25, -0.2) is 13.9 Å². The van der Waals surface area contributed by atoms with Crippen LogP contribution in [0.25, 0.3) is 0 Å². The number of imide groups is 1. The van der Waals surface area contributed by atoms with E-state index >= 15 is 0 Å². The Bertz CT molecular complexity index is 1030. The number of rotatable bonds is 3. The second-order valence-corrected chi connectivity index (χ2v) is 7.87. The molecule has 0 saturated carbocycles. The van der Waals surface area contributed by atoms with Crippen molar-refractivity contribution in [3.63, 3.8) is 0 Å². The highest BCUT2D eigenvalue weighted by Gasteiger charge is 2.54. The van der Waals surface area contributed by atoms with Gasteiger partial charge in [0.2, 0.25) is 11.9 Å². The number of imidazole rings is 1. The molecule has 1 atom stereocenters. The maximum atomic E-state index is 13.5. The highest BCUT2D eigenvalue weighted by atomic mass is 16.2. The summed E-state index contributed by atoms with van der Waals surface area (Å²) in [4.78, 5) is 34.0. The molecule has 2 aliphatic rings. The van der Waals surface area contributed by atoms with Crippen molar-refractivity contribution in [1.82, 2.24) is 14.4 Å². The van der Waals surface area contributed by atoms with E-state index in [9.17, 15) is 9.59 Å². The van der Waals surface area contributed by atoms with Gasteiger partial charge in [0.15, 0.2) is 0 Å². The second kappa shape index (κ2) is 6.29. The summed E-state index contributed by atoms with van der Waals surface area (Å²) in [6, 6.07) is 7.10. The van der Waals surface area contributed by atoms with Crippen molar-refractivity contribution in [2.75, 3.05) is 7.05 Å². The van der Waals surface area contributed by atoms with Gasteiger partial charge < -0.3 is 0 Å². The quantitative estimate of drug-likeness (QED) is 0.769. The summed E-state index contributed by atoms with van der Waals surface area (Å²) in [5, 5.41) is 0. The average Bonchev–Trinajstić information content (AvgIpc) is 3.14. The third-order valence-corrected chi connectivity index (χ3v) is 5.86. The van der Waals surface area contributed by atoms with Gasteiger partial charge >= 0.3 is 12.0 Å². The number of aliphatic imine (C=N–C) groups is 1. The number of hydrogen-bond acceptors (Lipinski definition) is 3. The first kappa shape index (κ1) is 18.4. The number of likely N-dealkylation sites (N-methyl/N-ethyl adjacent to an activating group) is 1. The normalized spacial score (nSPS) is 18.7. The maximum Gasteiger partial charge on any atom is 0.402 e. The van der Waals surface area contributed by atoms with Crippen molar-refractivity contribution >= 4 is 23.7 Å². The molecular weight excluding hydrogens is 354 g/mol. The average molecular weight is 380 g/mol. The molecule has 0 bridgehead atoms. The molecule has 0 spiro atoms. The van der Waals surface area contributed by atoms with Gasteiger partial charge in [-0.15, -0.1) is 0 Å². The van der Waals surface area contributed by atoms with Crippen LogP contribution in [0.2, 0.25) is 0 Å². The number of nitrogens with zero attached hydrogens (tertiary/aromatic N) is 5. The van der Waals surface area contributed by atoms with Crippen molar-refractivity contribution in [2.45, 2.75) is 53.2 Å². The fraction of sp³-hybridized carbons (Fsp3) is 0.429. The monoisotopic (exact) mass is 380 g/mol. The maximum absolute atomic E-state index is 13.5. The van der Waals surface area contributed by atoms with E-state index in [0.29, 0.717) is 5.84 Å². The summed E-state index contributed by atoms with van der Waals surface area (Å²) < 4.78 is 4.10. The summed E-state index contributed by atoms with van der Waals surface area (Å²) >= 11 is 0. The van der Waals surface area contributed by atoms with Gasteiger partial charge in [0.25, 0.3) is 5.91 Å². The van der Waals surface area contributed by atoms with Gasteiger partial charge in [-0.1, -0.05) is 29.3 Å². The standard InChI is InChI=1S/C21H26N5O2/c1-12(2)25-14(4)15(5)26-17-18(22-20(25)26)23(6)21(28)24(19(17)27)11-16-10-8-7-9-13(16)3/h7-10,12,17H,11H2,1-6H3/q+1. The lowest BCUT2D eigenvalue weighted by molar-refractivity contribution is -0.683. The summed E-state index contributed by atoms with van der Waals surface area (Å²) in [6.07, 6.45) is 0. The molecule has 0 radical (unpaired) electrons. The van der Waals surface area contributed by atoms with Gasteiger partial charge in [-0.3, -0.25) is 14.6 Å². The third kappa shape index (κ3) is 2.42. The number of urea groups is 1. The molecule has 0 aliphatic carbocycles. The van der Waals surface area contributed by atoms with E-state index in [2.05, 4.69) is 18.4 Å². The zero-order valence-electron chi connectivity index (χ0n) is 17.2. The molecule has 1 unspecified atom stereocenters. The molecule has 4 rings (SSSR count). The Kier molecular flexibility index (Phi) is 4.14. The Morgan fingerprint density at radius 2 is 1.82 bits per heavy atom. The van der Waals surface area contributed by atoms with Crippen molar-refractivity contribution < 1.29 is 14.2 Å². The second-order valence-electron chi connectivity index (χ2n) is 7.87. The van der Waals surface area contributed by atoms with Crippen molar-refractivity contribution in [1.29, 1.82) is 0 Å². The minimum Gasteiger partial charge on any atom is -0.270 e. The number of fused-ring (bicyclic) bond motifs is 3. The fourth-order valence-corrected chi connectivity index (χ4v) is 4.18. The number of hydrogen-bond donors (Lipinski definition) is 0. The predicted molar refractivity (Wildman–Crippen MR) is 106 cm³/mol. The molecule has 146 valence electrons. The lowest BCUT2D eigenvalue weighted by Crippen LogP contribution is -2.63. The minimum atomic E-state index is -0.597. The summed E-state index contributed by atoms with van der Waals surface area (Å²) in [6.45, 7) is 10.5. The van der Waals surface area contributed by atoms with Crippen LogP contribution in [0.3, 0.4) is 0 Å². The molecule has 1 aromatic carbocycles. The van der Waals surface area contributed by atoms with Crippen LogP contribution in [-0.4, -0.2) is 39.2 Å². The zero-order chi connectivity index (χ0) is 20.3. The molecule has 0 N–H and O–H groups in total. The van der Waals surface area contributed by atoms with Gasteiger partial charge in [0, 0.05) is 7.05 Å². The number of carbonyl (C=O) groups excluding carboxylic acids is 2. The first-order valence-corrected chi connectivity index (χ1v) is 9.59. The number of amides is 3. The van der Waals surface area contributed by atoms with Crippen LogP contribution in [0.4, 0.5) is 10.7 Å². The summed E-state index contributed by atoms with van der Waals surface area (Å²) in [5.74, 6) is 1.01. The van der Waals surface area contributed by atoms with E-state index in [1.807, 2.05) is 49.6 Å². The van der Waals surface area contributed by atoms with Crippen LogP contribution in [0.15, 0.2) is 29.3 Å². The van der Waals surface area contributed by atoms with E-state index in [1.54, 1.807) is 7.05 Å². The predicted octanol–water partition coefficient (Wildman–Crippen LogP) is 2.96. The SMILES string of the molecule is Cc1ccccc1CN1C(=O)C2C(=Nc3n(C(C)C)c(C)c(C)[n+]32)N(C)C1=O. The Morgan fingerprint density at radius 1 is 1.14 bits per heavy atom. The Morgan fingerprint density at radius 3 is 2.46 bits per heavy atom. The molecular formula is C21H26N5O2+. The molecule has 1 saturated heterocycles. The van der Waals surface area contributed by atoms with Gasteiger partial charge in [0.05, 0.1) is 12.6 Å². The smallest absolute Gasteiger partial charge is 0.270 e. The van der Waals surface area contributed by atoms with E-state index < -0.39 is 6.04 Å². The van der Waals surface area contributed by atoms with Gasteiger partial charge in [-0.2, -0.15) is 0 Å². The zero-order valence-corrected chi connectivity index (χ0v) is 17.2. The van der Waals surface area contributed by atoms with Gasteiger partial charge in [-0.05, 0) is 45.7 Å². The lowest BCUT2D eigenvalue weighted by atomic mass is 10.1. The van der Waals surface area contributed by atoms with Crippen molar-refractivity contribution in [3.05, 3.63) is 46.8 Å². The van der Waals surface area contributed by atoms with Crippen LogP contribution in [0.1, 0.15) is 48.4 Å². The third-order valence-electron chi connectivity index (χ3n) is 5.86. The van der Waals surface area contributed by atoms with Crippen molar-refractivity contribution in [3.8, 4) is 0 Å². The van der Waals surface area contributed by atoms with E-state index in [1.165, 1.54) is 9.80 Å². The molecule has 1 fully saturated rings. The Balaban J connectivity index is 1.80. The lowest BCUT2D eigenvalue weighted by Gasteiger charge is -2.33. The summed E-state index contributed by atoms with van der Waals surface area (Å²) in [5.41, 5.74) is 4.11. The van der Waals surface area contributed by atoms with E-state index in [0.717, 1.165) is 28.5 Å². The number of aryl methyl sites for hydroxylation is 1. The molecule has 1 aromatic heterocycles. The van der Waals surface area contributed by atoms with Crippen LogP contribution in [-0.2, 0) is 11.3 Å². The molecule has 7 heteroatoms. The molecule has 3 heterocycles. The molecule has 2 aliphatic heterocycles. The molecule has 28 heavy (non-hydrogen) atoms. The number of aromatic nitrogens is 2. The number of amidine groups is 1. The summed E-state index contributed by atoms with van der Waals surface area (Å²) in [7, 11) is 1.69. The molecule has 7 nitrogen and oxygen atoms in total.